The highest BCUT2D eigenvalue weighted by Crippen LogP contribution is 2.38. The van der Waals surface area contributed by atoms with Crippen LogP contribution in [0.15, 0.2) is 39.7 Å². The fourth-order valence-corrected chi connectivity index (χ4v) is 5.81. The summed E-state index contributed by atoms with van der Waals surface area (Å²) in [6, 6.07) is 8.19. The molecule has 2 heterocycles. The van der Waals surface area contributed by atoms with Crippen LogP contribution in [0.2, 0.25) is 0 Å². The summed E-state index contributed by atoms with van der Waals surface area (Å²) in [6.45, 7) is 3.70. The zero-order valence-electron chi connectivity index (χ0n) is 16.6. The third kappa shape index (κ3) is 4.19. The van der Waals surface area contributed by atoms with Crippen molar-refractivity contribution in [3.8, 4) is 11.5 Å². The number of fused-ring (bicyclic) bond motifs is 1. The molecule has 1 N–H and O–H groups in total. The first-order chi connectivity index (χ1) is 14.4. The molecule has 2 aliphatic rings. The van der Waals surface area contributed by atoms with Crippen molar-refractivity contribution in [2.75, 3.05) is 31.6 Å². The van der Waals surface area contributed by atoms with Crippen LogP contribution in [0.3, 0.4) is 0 Å². The predicted octanol–water partition coefficient (Wildman–Crippen LogP) is 3.96. The summed E-state index contributed by atoms with van der Waals surface area (Å²) < 4.78 is 39.5. The number of hydrogen-bond donors (Lipinski definition) is 1. The van der Waals surface area contributed by atoms with Crippen LogP contribution in [0, 0.1) is 6.92 Å². The van der Waals surface area contributed by atoms with Crippen molar-refractivity contribution in [1.82, 2.24) is 4.31 Å². The minimum absolute atomic E-state index is 0.179. The number of nitrogens with zero attached hydrogens (tertiary/aromatic N) is 1. The van der Waals surface area contributed by atoms with Gasteiger partial charge in [0.05, 0.1) is 10.6 Å². The quantitative estimate of drug-likeness (QED) is 0.695. The number of rotatable bonds is 4. The third-order valence-corrected chi connectivity index (χ3v) is 7.96. The lowest BCUT2D eigenvalue weighted by Crippen LogP contribution is -2.36. The molecule has 1 fully saturated rings. The van der Waals surface area contributed by atoms with Crippen LogP contribution in [-0.2, 0) is 10.0 Å². The van der Waals surface area contributed by atoms with Crippen molar-refractivity contribution in [1.29, 1.82) is 0 Å². The molecule has 7 nitrogen and oxygen atoms in total. The average molecular weight is 495 g/mol. The van der Waals surface area contributed by atoms with E-state index in [0.717, 1.165) is 19.3 Å². The maximum absolute atomic E-state index is 13.1. The van der Waals surface area contributed by atoms with Crippen LogP contribution in [0.1, 0.15) is 35.2 Å². The lowest BCUT2D eigenvalue weighted by molar-refractivity contribution is 0.102. The number of hydrogen-bond acceptors (Lipinski definition) is 5. The molecule has 1 amide bonds. The second kappa shape index (κ2) is 8.56. The molecule has 0 radical (unpaired) electrons. The van der Waals surface area contributed by atoms with Gasteiger partial charge in [0.1, 0.15) is 13.2 Å². The van der Waals surface area contributed by atoms with E-state index in [1.54, 1.807) is 31.2 Å². The lowest BCUT2D eigenvalue weighted by Gasteiger charge is -2.26. The normalized spacial score (nSPS) is 16.9. The summed E-state index contributed by atoms with van der Waals surface area (Å²) in [7, 11) is -3.63. The Hall–Kier alpha value is -2.10. The number of ether oxygens (including phenoxy) is 2. The molecule has 0 atom stereocenters. The molecule has 2 aromatic rings. The number of aryl methyl sites for hydroxylation is 1. The number of sulfonamides is 1. The van der Waals surface area contributed by atoms with Gasteiger partial charge < -0.3 is 14.8 Å². The highest BCUT2D eigenvalue weighted by Gasteiger charge is 2.28. The van der Waals surface area contributed by atoms with Gasteiger partial charge in [0.25, 0.3) is 5.91 Å². The molecule has 0 unspecified atom stereocenters. The number of amides is 1. The summed E-state index contributed by atoms with van der Waals surface area (Å²) in [5.74, 6) is 0.760. The molecule has 2 aromatic carbocycles. The largest absolute Gasteiger partial charge is 0.486 e. The lowest BCUT2D eigenvalue weighted by atomic mass is 10.1. The second-order valence-corrected chi connectivity index (χ2v) is 10.1. The Morgan fingerprint density at radius 3 is 2.40 bits per heavy atom. The first kappa shape index (κ1) is 21.1. The number of carbonyl (C=O) groups is 1. The Labute approximate surface area is 184 Å². The maximum atomic E-state index is 13.1. The predicted molar refractivity (Wildman–Crippen MR) is 117 cm³/mol. The number of nitrogens with one attached hydrogen (secondary N) is 1. The second-order valence-electron chi connectivity index (χ2n) is 7.37. The van der Waals surface area contributed by atoms with Crippen LogP contribution in [0.5, 0.6) is 11.5 Å². The fourth-order valence-electron chi connectivity index (χ4n) is 3.62. The van der Waals surface area contributed by atoms with Gasteiger partial charge in [-0.3, -0.25) is 4.79 Å². The van der Waals surface area contributed by atoms with E-state index in [9.17, 15) is 13.2 Å². The van der Waals surface area contributed by atoms with Crippen LogP contribution >= 0.6 is 15.9 Å². The SMILES string of the molecule is Cc1ccc(C(=O)Nc2cc3c(cc2Br)OCCO3)cc1S(=O)(=O)N1CCCCC1. The Kier molecular flexibility index (Phi) is 6.04. The van der Waals surface area contributed by atoms with Crippen molar-refractivity contribution < 1.29 is 22.7 Å². The summed E-state index contributed by atoms with van der Waals surface area (Å²) in [6.07, 6.45) is 2.76. The molecule has 0 aromatic heterocycles. The maximum Gasteiger partial charge on any atom is 0.255 e. The third-order valence-electron chi connectivity index (χ3n) is 5.26. The molecule has 0 saturated carbocycles. The first-order valence-corrected chi connectivity index (χ1v) is 12.1. The van der Waals surface area contributed by atoms with Gasteiger partial charge in [0, 0.05) is 35.3 Å². The fraction of sp³-hybridized carbons (Fsp3) is 0.381. The van der Waals surface area contributed by atoms with Crippen molar-refractivity contribution in [2.24, 2.45) is 0 Å². The monoisotopic (exact) mass is 494 g/mol. The topological polar surface area (TPSA) is 84.9 Å². The Bertz CT molecular complexity index is 1080. The van der Waals surface area contributed by atoms with Crippen molar-refractivity contribution >= 4 is 37.5 Å². The standard InChI is InChI=1S/C21H23BrN2O5S/c1-14-5-6-15(11-20(14)30(26,27)24-7-3-2-4-8-24)21(25)23-17-13-19-18(12-16(17)22)28-9-10-29-19/h5-6,11-13H,2-4,7-10H2,1H3,(H,23,25). The molecule has 1 saturated heterocycles. The summed E-state index contributed by atoms with van der Waals surface area (Å²) in [4.78, 5) is 13.1. The van der Waals surface area contributed by atoms with Crippen LogP contribution < -0.4 is 14.8 Å². The van der Waals surface area contributed by atoms with E-state index >= 15 is 0 Å². The van der Waals surface area contributed by atoms with Crippen molar-refractivity contribution in [3.05, 3.63) is 45.9 Å². The molecule has 0 spiro atoms. The number of halogens is 1. The highest BCUT2D eigenvalue weighted by atomic mass is 79.9. The molecule has 4 rings (SSSR count). The Morgan fingerprint density at radius 2 is 1.70 bits per heavy atom. The molecule has 2 aliphatic heterocycles. The van der Waals surface area contributed by atoms with Gasteiger partial charge in [0.2, 0.25) is 10.0 Å². The van der Waals surface area contributed by atoms with E-state index < -0.39 is 15.9 Å². The first-order valence-electron chi connectivity index (χ1n) is 9.87. The number of carbonyl (C=O) groups excluding carboxylic acids is 1. The average Bonchev–Trinajstić information content (AvgIpc) is 2.75. The van der Waals surface area contributed by atoms with Gasteiger partial charge in [-0.2, -0.15) is 4.31 Å². The van der Waals surface area contributed by atoms with E-state index in [1.807, 2.05) is 0 Å². The summed E-state index contributed by atoms with van der Waals surface area (Å²) >= 11 is 3.43. The molecular formula is C21H23BrN2O5S. The number of anilines is 1. The van der Waals surface area contributed by atoms with Gasteiger partial charge >= 0.3 is 0 Å². The van der Waals surface area contributed by atoms with Gasteiger partial charge in [-0.15, -0.1) is 0 Å². The van der Waals surface area contributed by atoms with Gasteiger partial charge in [-0.25, -0.2) is 8.42 Å². The summed E-state index contributed by atoms with van der Waals surface area (Å²) in [5.41, 5.74) is 1.42. The van der Waals surface area contributed by atoms with E-state index in [2.05, 4.69) is 21.2 Å². The van der Waals surface area contributed by atoms with Crippen LogP contribution in [0.25, 0.3) is 0 Å². The van der Waals surface area contributed by atoms with Gasteiger partial charge in [-0.05, 0) is 53.4 Å². The molecule has 160 valence electrons. The smallest absolute Gasteiger partial charge is 0.255 e. The van der Waals surface area contributed by atoms with Crippen molar-refractivity contribution in [2.45, 2.75) is 31.1 Å². The molecular weight excluding hydrogens is 472 g/mol. The van der Waals surface area contributed by atoms with Crippen LogP contribution in [0.4, 0.5) is 5.69 Å². The molecule has 0 aliphatic carbocycles. The number of benzene rings is 2. The van der Waals surface area contributed by atoms with Gasteiger partial charge in [-0.1, -0.05) is 12.5 Å². The van der Waals surface area contributed by atoms with E-state index in [4.69, 9.17) is 9.47 Å². The van der Waals surface area contributed by atoms with Gasteiger partial charge in [0.15, 0.2) is 11.5 Å². The van der Waals surface area contributed by atoms with Crippen LogP contribution in [-0.4, -0.2) is 44.9 Å². The van der Waals surface area contributed by atoms with E-state index in [-0.39, 0.29) is 10.5 Å². The minimum atomic E-state index is -3.63. The number of piperidine rings is 1. The highest BCUT2D eigenvalue weighted by molar-refractivity contribution is 9.10. The minimum Gasteiger partial charge on any atom is -0.486 e. The van der Waals surface area contributed by atoms with E-state index in [0.29, 0.717) is 53.5 Å². The Balaban J connectivity index is 1.60. The zero-order chi connectivity index (χ0) is 21.3. The molecule has 30 heavy (non-hydrogen) atoms. The molecule has 9 heteroatoms. The van der Waals surface area contributed by atoms with E-state index in [1.165, 1.54) is 10.4 Å². The van der Waals surface area contributed by atoms with Crippen molar-refractivity contribution in [3.63, 3.8) is 0 Å². The zero-order valence-corrected chi connectivity index (χ0v) is 19.0. The molecule has 0 bridgehead atoms. The Morgan fingerprint density at radius 1 is 1.03 bits per heavy atom. The summed E-state index contributed by atoms with van der Waals surface area (Å²) in [5, 5.41) is 2.82.